The van der Waals surface area contributed by atoms with E-state index in [9.17, 15) is 9.59 Å². The Hall–Kier alpha value is -4.00. The summed E-state index contributed by atoms with van der Waals surface area (Å²) in [6.07, 6.45) is 1.51. The van der Waals surface area contributed by atoms with Crippen LogP contribution < -0.4 is 14.8 Å². The minimum atomic E-state index is -0.419. The smallest absolute Gasteiger partial charge is 0.278 e. The molecule has 164 valence electrons. The van der Waals surface area contributed by atoms with Crippen LogP contribution in [0.2, 0.25) is 0 Å². The van der Waals surface area contributed by atoms with Gasteiger partial charge in [-0.3, -0.25) is 14.5 Å². The fourth-order valence-corrected chi connectivity index (χ4v) is 3.54. The van der Waals surface area contributed by atoms with Crippen molar-refractivity contribution in [2.24, 2.45) is 0 Å². The van der Waals surface area contributed by atoms with Gasteiger partial charge >= 0.3 is 0 Å². The van der Waals surface area contributed by atoms with Gasteiger partial charge in [0, 0.05) is 11.8 Å². The van der Waals surface area contributed by atoms with Gasteiger partial charge in [0.15, 0.2) is 11.5 Å². The van der Waals surface area contributed by atoms with Crippen molar-refractivity contribution in [2.45, 2.75) is 20.4 Å². The number of ether oxygens (including phenoxy) is 2. The molecule has 4 rings (SSSR count). The molecule has 2 aromatic carbocycles. The molecule has 1 aliphatic heterocycles. The molecule has 0 unspecified atom stereocenters. The van der Waals surface area contributed by atoms with Crippen molar-refractivity contribution < 1.29 is 23.5 Å². The van der Waals surface area contributed by atoms with Crippen molar-refractivity contribution in [2.75, 3.05) is 18.5 Å². The number of carbonyl (C=O) groups is 2. The lowest BCUT2D eigenvalue weighted by Gasteiger charge is -2.15. The molecule has 0 aliphatic carbocycles. The van der Waals surface area contributed by atoms with Crippen LogP contribution in [0, 0.1) is 0 Å². The van der Waals surface area contributed by atoms with Crippen molar-refractivity contribution in [3.63, 3.8) is 0 Å². The number of anilines is 1. The standard InChI is InChI=1S/C25H24N2O5/c1-3-30-20-13-12-18(15-21(20)31-4-2)26-23-22(17-9-6-5-7-10-17)24(28)27(25(23)29)16-19-11-8-14-32-19/h5-15,26H,3-4,16H2,1-2H3. The summed E-state index contributed by atoms with van der Waals surface area (Å²) < 4.78 is 16.7. The van der Waals surface area contributed by atoms with E-state index in [0.717, 1.165) is 0 Å². The van der Waals surface area contributed by atoms with E-state index < -0.39 is 5.91 Å². The maximum absolute atomic E-state index is 13.3. The minimum Gasteiger partial charge on any atom is -0.490 e. The highest BCUT2D eigenvalue weighted by atomic mass is 16.5. The third-order valence-electron chi connectivity index (χ3n) is 4.94. The molecule has 0 radical (unpaired) electrons. The van der Waals surface area contributed by atoms with Gasteiger partial charge < -0.3 is 19.2 Å². The average Bonchev–Trinajstić information content (AvgIpc) is 3.39. The molecule has 0 spiro atoms. The Balaban J connectivity index is 1.71. The lowest BCUT2D eigenvalue weighted by atomic mass is 10.0. The zero-order valence-corrected chi connectivity index (χ0v) is 18.0. The lowest BCUT2D eigenvalue weighted by Crippen LogP contribution is -2.31. The van der Waals surface area contributed by atoms with Crippen LogP contribution in [-0.4, -0.2) is 29.9 Å². The molecule has 2 amide bonds. The monoisotopic (exact) mass is 432 g/mol. The molecule has 0 atom stereocenters. The largest absolute Gasteiger partial charge is 0.490 e. The number of hydrogen-bond donors (Lipinski definition) is 1. The second kappa shape index (κ2) is 9.43. The average molecular weight is 432 g/mol. The molecular formula is C25H24N2O5. The number of amides is 2. The van der Waals surface area contributed by atoms with Crippen LogP contribution in [0.1, 0.15) is 25.2 Å². The van der Waals surface area contributed by atoms with E-state index in [2.05, 4.69) is 5.32 Å². The van der Waals surface area contributed by atoms with Crippen molar-refractivity contribution in [1.29, 1.82) is 0 Å². The summed E-state index contributed by atoms with van der Waals surface area (Å²) in [7, 11) is 0. The summed E-state index contributed by atoms with van der Waals surface area (Å²) in [5, 5.41) is 3.15. The van der Waals surface area contributed by atoms with Gasteiger partial charge in [-0.2, -0.15) is 0 Å². The van der Waals surface area contributed by atoms with Gasteiger partial charge in [0.1, 0.15) is 11.5 Å². The predicted molar refractivity (Wildman–Crippen MR) is 120 cm³/mol. The Morgan fingerprint density at radius 3 is 2.31 bits per heavy atom. The summed E-state index contributed by atoms with van der Waals surface area (Å²) in [6, 6.07) is 17.9. The van der Waals surface area contributed by atoms with Gasteiger partial charge in [0.25, 0.3) is 11.8 Å². The summed E-state index contributed by atoms with van der Waals surface area (Å²) >= 11 is 0. The highest BCUT2D eigenvalue weighted by Gasteiger charge is 2.39. The Bertz CT molecular complexity index is 1140. The second-order valence-electron chi connectivity index (χ2n) is 7.04. The number of rotatable bonds is 9. The number of furan rings is 1. The summed E-state index contributed by atoms with van der Waals surface area (Å²) in [5.41, 5.74) is 1.79. The third kappa shape index (κ3) is 4.23. The summed E-state index contributed by atoms with van der Waals surface area (Å²) in [6.45, 7) is 4.81. The van der Waals surface area contributed by atoms with Crippen molar-refractivity contribution in [1.82, 2.24) is 4.90 Å². The van der Waals surface area contributed by atoms with Gasteiger partial charge in [-0.25, -0.2) is 0 Å². The Labute approximate surface area is 186 Å². The molecule has 3 aromatic rings. The van der Waals surface area contributed by atoms with Crippen LogP contribution in [0.5, 0.6) is 11.5 Å². The first-order chi connectivity index (χ1) is 15.6. The third-order valence-corrected chi connectivity index (χ3v) is 4.94. The fraction of sp³-hybridized carbons (Fsp3) is 0.200. The quantitative estimate of drug-likeness (QED) is 0.503. The number of nitrogens with one attached hydrogen (secondary N) is 1. The Morgan fingerprint density at radius 2 is 1.62 bits per heavy atom. The molecule has 0 fully saturated rings. The Morgan fingerprint density at radius 1 is 0.875 bits per heavy atom. The summed E-state index contributed by atoms with van der Waals surface area (Å²) in [5.74, 6) is 0.907. The van der Waals surface area contributed by atoms with Gasteiger partial charge in [0.05, 0.1) is 31.6 Å². The Kier molecular flexibility index (Phi) is 6.26. The van der Waals surface area contributed by atoms with E-state index >= 15 is 0 Å². The van der Waals surface area contributed by atoms with E-state index in [-0.39, 0.29) is 18.1 Å². The van der Waals surface area contributed by atoms with Crippen molar-refractivity contribution >= 4 is 23.1 Å². The van der Waals surface area contributed by atoms with Crippen molar-refractivity contribution in [3.8, 4) is 11.5 Å². The summed E-state index contributed by atoms with van der Waals surface area (Å²) in [4.78, 5) is 27.8. The molecule has 7 heteroatoms. The topological polar surface area (TPSA) is 81.0 Å². The fourth-order valence-electron chi connectivity index (χ4n) is 3.54. The minimum absolute atomic E-state index is 0.0552. The predicted octanol–water partition coefficient (Wildman–Crippen LogP) is 4.47. The van der Waals surface area contributed by atoms with E-state index in [4.69, 9.17) is 13.9 Å². The van der Waals surface area contributed by atoms with Crippen molar-refractivity contribution in [3.05, 3.63) is 83.9 Å². The first kappa shape index (κ1) is 21.2. The van der Waals surface area contributed by atoms with Crippen LogP contribution in [0.4, 0.5) is 5.69 Å². The van der Waals surface area contributed by atoms with Crippen LogP contribution in [0.25, 0.3) is 5.57 Å². The maximum Gasteiger partial charge on any atom is 0.278 e. The lowest BCUT2D eigenvalue weighted by molar-refractivity contribution is -0.137. The number of nitrogens with zero attached hydrogens (tertiary/aromatic N) is 1. The number of imide groups is 1. The highest BCUT2D eigenvalue weighted by molar-refractivity contribution is 6.36. The molecular weight excluding hydrogens is 408 g/mol. The first-order valence-electron chi connectivity index (χ1n) is 10.5. The normalized spacial score (nSPS) is 13.6. The van der Waals surface area contributed by atoms with Gasteiger partial charge in [0.2, 0.25) is 0 Å². The molecule has 1 aliphatic rings. The van der Waals surface area contributed by atoms with E-state index in [0.29, 0.717) is 47.3 Å². The number of benzene rings is 2. The first-order valence-corrected chi connectivity index (χ1v) is 10.5. The number of carbonyl (C=O) groups excluding carboxylic acids is 2. The molecule has 2 heterocycles. The zero-order valence-electron chi connectivity index (χ0n) is 18.0. The molecule has 1 aromatic heterocycles. The van der Waals surface area contributed by atoms with Crippen LogP contribution >= 0.6 is 0 Å². The highest BCUT2D eigenvalue weighted by Crippen LogP contribution is 2.35. The second-order valence-corrected chi connectivity index (χ2v) is 7.04. The molecule has 0 saturated heterocycles. The molecule has 1 N–H and O–H groups in total. The van der Waals surface area contributed by atoms with E-state index in [1.165, 1.54) is 11.2 Å². The molecule has 0 saturated carbocycles. The number of hydrogen-bond acceptors (Lipinski definition) is 6. The molecule has 0 bridgehead atoms. The van der Waals surface area contributed by atoms with Gasteiger partial charge in [-0.15, -0.1) is 0 Å². The maximum atomic E-state index is 13.3. The van der Waals surface area contributed by atoms with Crippen LogP contribution in [-0.2, 0) is 16.1 Å². The van der Waals surface area contributed by atoms with Gasteiger partial charge in [-0.1, -0.05) is 30.3 Å². The van der Waals surface area contributed by atoms with E-state index in [1.54, 1.807) is 30.3 Å². The molecule has 7 nitrogen and oxygen atoms in total. The molecule has 32 heavy (non-hydrogen) atoms. The van der Waals surface area contributed by atoms with Gasteiger partial charge in [-0.05, 0) is 43.7 Å². The van der Waals surface area contributed by atoms with Crippen LogP contribution in [0.15, 0.2) is 77.0 Å². The zero-order chi connectivity index (χ0) is 22.5. The SMILES string of the molecule is CCOc1ccc(NC2=C(c3ccccc3)C(=O)N(Cc3ccco3)C2=O)cc1OCC. The van der Waals surface area contributed by atoms with Crippen LogP contribution in [0.3, 0.4) is 0 Å². The van der Waals surface area contributed by atoms with E-state index in [1.807, 2.05) is 44.2 Å².